The minimum absolute atomic E-state index is 0.0669. The van der Waals surface area contributed by atoms with Gasteiger partial charge in [-0.25, -0.2) is 0 Å². The second-order valence-corrected chi connectivity index (χ2v) is 7.00. The summed E-state index contributed by atoms with van der Waals surface area (Å²) >= 11 is 0. The molecule has 0 fully saturated rings. The molecule has 4 rings (SSSR count). The smallest absolute Gasteiger partial charge is 0.225 e. The molecule has 136 valence electrons. The van der Waals surface area contributed by atoms with Gasteiger partial charge < -0.3 is 5.32 Å². The van der Waals surface area contributed by atoms with Gasteiger partial charge in [0.05, 0.1) is 0 Å². The first-order valence-corrected chi connectivity index (χ1v) is 9.53. The van der Waals surface area contributed by atoms with Crippen LogP contribution in [-0.2, 0) is 17.8 Å². The van der Waals surface area contributed by atoms with E-state index in [4.69, 9.17) is 0 Å². The van der Waals surface area contributed by atoms with Crippen LogP contribution in [0.15, 0.2) is 78.9 Å². The SMILES string of the molecule is O=C(CCN1CCc2ccccc2C1)Nc1ccccc1-c1ccccc1. The lowest BCUT2D eigenvalue weighted by molar-refractivity contribution is -0.116. The third kappa shape index (κ3) is 4.26. The van der Waals surface area contributed by atoms with E-state index in [1.165, 1.54) is 11.1 Å². The van der Waals surface area contributed by atoms with Crippen molar-refractivity contribution < 1.29 is 4.79 Å². The van der Waals surface area contributed by atoms with Crippen molar-refractivity contribution in [3.8, 4) is 11.1 Å². The Kier molecular flexibility index (Phi) is 5.31. The lowest BCUT2D eigenvalue weighted by atomic mass is 10.00. The van der Waals surface area contributed by atoms with Gasteiger partial charge in [-0.2, -0.15) is 0 Å². The van der Waals surface area contributed by atoms with Crippen LogP contribution in [0.1, 0.15) is 17.5 Å². The van der Waals surface area contributed by atoms with E-state index in [1.807, 2.05) is 42.5 Å². The van der Waals surface area contributed by atoms with Crippen molar-refractivity contribution in [2.24, 2.45) is 0 Å². The summed E-state index contributed by atoms with van der Waals surface area (Å²) in [6.07, 6.45) is 1.57. The molecule has 0 unspecified atom stereocenters. The number of para-hydroxylation sites is 1. The highest BCUT2D eigenvalue weighted by molar-refractivity contribution is 5.95. The summed E-state index contributed by atoms with van der Waals surface area (Å²) in [4.78, 5) is 14.9. The van der Waals surface area contributed by atoms with Crippen LogP contribution in [0.3, 0.4) is 0 Å². The molecule has 1 heterocycles. The molecule has 27 heavy (non-hydrogen) atoms. The Labute approximate surface area is 160 Å². The molecule has 0 saturated heterocycles. The second-order valence-electron chi connectivity index (χ2n) is 7.00. The van der Waals surface area contributed by atoms with Crippen molar-refractivity contribution in [2.75, 3.05) is 18.4 Å². The lowest BCUT2D eigenvalue weighted by Crippen LogP contribution is -2.33. The van der Waals surface area contributed by atoms with Crippen molar-refractivity contribution in [1.29, 1.82) is 0 Å². The number of nitrogens with zero attached hydrogens (tertiary/aromatic N) is 1. The monoisotopic (exact) mass is 356 g/mol. The first-order valence-electron chi connectivity index (χ1n) is 9.53. The van der Waals surface area contributed by atoms with Crippen LogP contribution in [0, 0.1) is 0 Å². The lowest BCUT2D eigenvalue weighted by Gasteiger charge is -2.28. The fourth-order valence-electron chi connectivity index (χ4n) is 3.68. The van der Waals surface area contributed by atoms with Gasteiger partial charge in [0.25, 0.3) is 0 Å². The maximum atomic E-state index is 12.5. The highest BCUT2D eigenvalue weighted by atomic mass is 16.1. The van der Waals surface area contributed by atoms with E-state index in [9.17, 15) is 4.79 Å². The standard InChI is InChI=1S/C24H24N2O/c27-24(15-17-26-16-14-19-8-4-5-11-21(19)18-26)25-23-13-7-6-12-22(23)20-9-2-1-3-10-20/h1-13H,14-18H2,(H,25,27). The Morgan fingerprint density at radius 1 is 0.852 bits per heavy atom. The summed E-state index contributed by atoms with van der Waals surface area (Å²) in [6.45, 7) is 2.74. The molecule has 1 aliphatic heterocycles. The summed E-state index contributed by atoms with van der Waals surface area (Å²) < 4.78 is 0. The van der Waals surface area contributed by atoms with Gasteiger partial charge >= 0.3 is 0 Å². The molecule has 3 nitrogen and oxygen atoms in total. The summed E-state index contributed by atoms with van der Waals surface area (Å²) in [5.74, 6) is 0.0669. The normalized spacial score (nSPS) is 13.8. The molecule has 0 spiro atoms. The van der Waals surface area contributed by atoms with E-state index in [0.29, 0.717) is 6.42 Å². The van der Waals surface area contributed by atoms with Gasteiger partial charge in [0.15, 0.2) is 0 Å². The first kappa shape index (κ1) is 17.5. The van der Waals surface area contributed by atoms with E-state index in [1.54, 1.807) is 0 Å². The Bertz CT molecular complexity index is 920. The van der Waals surface area contributed by atoms with Crippen LogP contribution in [0.4, 0.5) is 5.69 Å². The number of carbonyl (C=O) groups excluding carboxylic acids is 1. The van der Waals surface area contributed by atoms with E-state index in [2.05, 4.69) is 46.6 Å². The van der Waals surface area contributed by atoms with E-state index in [-0.39, 0.29) is 5.91 Å². The fraction of sp³-hybridized carbons (Fsp3) is 0.208. The predicted molar refractivity (Wildman–Crippen MR) is 111 cm³/mol. The predicted octanol–water partition coefficient (Wildman–Crippen LogP) is 4.74. The summed E-state index contributed by atoms with van der Waals surface area (Å²) in [5.41, 5.74) is 5.87. The van der Waals surface area contributed by atoms with Crippen LogP contribution in [-0.4, -0.2) is 23.9 Å². The molecule has 0 atom stereocenters. The zero-order chi connectivity index (χ0) is 18.5. The maximum Gasteiger partial charge on any atom is 0.225 e. The third-order valence-corrected chi connectivity index (χ3v) is 5.15. The third-order valence-electron chi connectivity index (χ3n) is 5.15. The number of amides is 1. The fourth-order valence-corrected chi connectivity index (χ4v) is 3.68. The van der Waals surface area contributed by atoms with Crippen molar-refractivity contribution in [1.82, 2.24) is 4.90 Å². The Morgan fingerprint density at radius 3 is 2.41 bits per heavy atom. The summed E-state index contributed by atoms with van der Waals surface area (Å²) in [6, 6.07) is 26.7. The van der Waals surface area contributed by atoms with Crippen LogP contribution in [0.25, 0.3) is 11.1 Å². The molecule has 0 aliphatic carbocycles. The quantitative estimate of drug-likeness (QED) is 0.716. The zero-order valence-electron chi connectivity index (χ0n) is 15.4. The van der Waals surface area contributed by atoms with Gasteiger partial charge in [0, 0.05) is 37.3 Å². The number of fused-ring (bicyclic) bond motifs is 1. The van der Waals surface area contributed by atoms with Gasteiger partial charge in [-0.1, -0.05) is 72.8 Å². The van der Waals surface area contributed by atoms with Crippen molar-refractivity contribution >= 4 is 11.6 Å². The van der Waals surface area contributed by atoms with Gasteiger partial charge in [-0.05, 0) is 29.2 Å². The molecule has 1 aliphatic rings. The summed E-state index contributed by atoms with van der Waals surface area (Å²) in [5, 5.41) is 3.10. The van der Waals surface area contributed by atoms with Crippen LogP contribution in [0.2, 0.25) is 0 Å². The second kappa shape index (κ2) is 8.19. The van der Waals surface area contributed by atoms with Crippen molar-refractivity contribution in [2.45, 2.75) is 19.4 Å². The Balaban J connectivity index is 1.37. The van der Waals surface area contributed by atoms with Gasteiger partial charge in [0.1, 0.15) is 0 Å². The number of rotatable bonds is 5. The average molecular weight is 356 g/mol. The Morgan fingerprint density at radius 2 is 1.56 bits per heavy atom. The molecule has 1 amide bonds. The molecule has 0 saturated carbocycles. The van der Waals surface area contributed by atoms with Gasteiger partial charge in [-0.15, -0.1) is 0 Å². The van der Waals surface area contributed by atoms with Gasteiger partial charge in [-0.3, -0.25) is 9.69 Å². The van der Waals surface area contributed by atoms with Crippen molar-refractivity contribution in [3.05, 3.63) is 90.0 Å². The maximum absolute atomic E-state index is 12.5. The number of benzene rings is 3. The highest BCUT2D eigenvalue weighted by Crippen LogP contribution is 2.27. The van der Waals surface area contributed by atoms with Crippen molar-refractivity contribution in [3.63, 3.8) is 0 Å². The van der Waals surface area contributed by atoms with Crippen LogP contribution < -0.4 is 5.32 Å². The molecule has 0 bridgehead atoms. The van der Waals surface area contributed by atoms with Gasteiger partial charge in [0.2, 0.25) is 5.91 Å². The number of hydrogen-bond donors (Lipinski definition) is 1. The molecule has 0 radical (unpaired) electrons. The molecular weight excluding hydrogens is 332 g/mol. The minimum atomic E-state index is 0.0669. The molecule has 3 aromatic carbocycles. The van der Waals surface area contributed by atoms with E-state index >= 15 is 0 Å². The minimum Gasteiger partial charge on any atom is -0.325 e. The largest absolute Gasteiger partial charge is 0.325 e. The number of carbonyl (C=O) groups is 1. The number of hydrogen-bond acceptors (Lipinski definition) is 2. The molecule has 3 aromatic rings. The van der Waals surface area contributed by atoms with E-state index < -0.39 is 0 Å². The van der Waals surface area contributed by atoms with Crippen LogP contribution >= 0.6 is 0 Å². The number of nitrogens with one attached hydrogen (secondary N) is 1. The number of anilines is 1. The highest BCUT2D eigenvalue weighted by Gasteiger charge is 2.16. The zero-order valence-corrected chi connectivity index (χ0v) is 15.4. The van der Waals surface area contributed by atoms with Crippen LogP contribution in [0.5, 0.6) is 0 Å². The molecule has 3 heteroatoms. The Hall–Kier alpha value is -2.91. The van der Waals surface area contributed by atoms with E-state index in [0.717, 1.165) is 42.9 Å². The molecule has 1 N–H and O–H groups in total. The topological polar surface area (TPSA) is 32.3 Å². The first-order chi connectivity index (χ1) is 13.3. The average Bonchev–Trinajstić information content (AvgIpc) is 2.73. The molecule has 0 aromatic heterocycles. The summed E-state index contributed by atoms with van der Waals surface area (Å²) in [7, 11) is 0. The molecular formula is C24H24N2O.